The van der Waals surface area contributed by atoms with Crippen molar-refractivity contribution in [2.24, 2.45) is 7.05 Å². The maximum atomic E-state index is 13.0. The SMILES string of the molecule is COc1ccc(S(=O)(=O)N(C)Cc2nc3cc(C(=O)N(C)C)ccc3n2C)cc1Cl. The normalized spacial score (nSPS) is 11.8. The Morgan fingerprint density at radius 1 is 1.17 bits per heavy atom. The van der Waals surface area contributed by atoms with E-state index in [1.807, 2.05) is 11.6 Å². The second kappa shape index (κ2) is 8.25. The van der Waals surface area contributed by atoms with Gasteiger partial charge in [-0.3, -0.25) is 4.79 Å². The minimum absolute atomic E-state index is 0.0497. The number of benzene rings is 2. The zero-order chi connectivity index (χ0) is 22.2. The summed E-state index contributed by atoms with van der Waals surface area (Å²) in [7, 11) is 4.32. The molecule has 0 aliphatic rings. The van der Waals surface area contributed by atoms with Crippen LogP contribution >= 0.6 is 11.6 Å². The Bertz CT molecular complexity index is 1220. The average Bonchev–Trinajstić information content (AvgIpc) is 3.01. The van der Waals surface area contributed by atoms with Crippen LogP contribution < -0.4 is 4.74 Å². The molecule has 1 aromatic heterocycles. The third-order valence-corrected chi connectivity index (χ3v) is 6.92. The molecule has 0 aliphatic carbocycles. The van der Waals surface area contributed by atoms with E-state index < -0.39 is 10.0 Å². The van der Waals surface area contributed by atoms with Crippen LogP contribution in [-0.4, -0.2) is 61.3 Å². The Hall–Kier alpha value is -2.62. The molecular weight excluding hydrogens is 428 g/mol. The fraction of sp³-hybridized carbons (Fsp3) is 0.300. The number of carbonyl (C=O) groups is 1. The standard InChI is InChI=1S/C20H23ClN4O4S/c1-23(2)20(26)13-6-8-17-16(10-13)22-19(25(17)4)12-24(3)30(27,28)14-7-9-18(29-5)15(21)11-14/h6-11H,12H2,1-5H3. The molecule has 0 saturated carbocycles. The van der Waals surface area contributed by atoms with Gasteiger partial charge in [0.25, 0.3) is 5.91 Å². The number of aromatic nitrogens is 2. The fourth-order valence-electron chi connectivity index (χ4n) is 3.05. The molecule has 0 N–H and O–H groups in total. The van der Waals surface area contributed by atoms with Crippen molar-refractivity contribution >= 4 is 38.6 Å². The summed E-state index contributed by atoms with van der Waals surface area (Å²) in [6.07, 6.45) is 0. The topological polar surface area (TPSA) is 84.7 Å². The smallest absolute Gasteiger partial charge is 0.253 e. The molecular formula is C20H23ClN4O4S. The van der Waals surface area contributed by atoms with Gasteiger partial charge in [-0.25, -0.2) is 13.4 Å². The fourth-order valence-corrected chi connectivity index (χ4v) is 4.53. The average molecular weight is 451 g/mol. The van der Waals surface area contributed by atoms with E-state index in [9.17, 15) is 13.2 Å². The van der Waals surface area contributed by atoms with Crippen molar-refractivity contribution in [3.05, 3.63) is 52.8 Å². The Morgan fingerprint density at radius 3 is 2.47 bits per heavy atom. The molecule has 0 fully saturated rings. The second-order valence-corrected chi connectivity index (χ2v) is 9.50. The molecule has 160 valence electrons. The Morgan fingerprint density at radius 2 is 1.87 bits per heavy atom. The van der Waals surface area contributed by atoms with Crippen molar-refractivity contribution < 1.29 is 17.9 Å². The van der Waals surface area contributed by atoms with Crippen molar-refractivity contribution in [1.29, 1.82) is 0 Å². The lowest BCUT2D eigenvalue weighted by Crippen LogP contribution is -2.27. The molecule has 3 aromatic rings. The predicted octanol–water partition coefficient (Wildman–Crippen LogP) is 2.76. The number of halogens is 1. The van der Waals surface area contributed by atoms with Crippen LogP contribution in [0.25, 0.3) is 11.0 Å². The molecule has 3 rings (SSSR count). The quantitative estimate of drug-likeness (QED) is 0.576. The van der Waals surface area contributed by atoms with E-state index in [0.717, 1.165) is 5.52 Å². The molecule has 2 aromatic carbocycles. The number of ether oxygens (including phenoxy) is 1. The van der Waals surface area contributed by atoms with Crippen molar-refractivity contribution in [1.82, 2.24) is 18.8 Å². The third-order valence-electron chi connectivity index (χ3n) is 4.82. The van der Waals surface area contributed by atoms with Crippen molar-refractivity contribution in [2.45, 2.75) is 11.4 Å². The minimum Gasteiger partial charge on any atom is -0.495 e. The lowest BCUT2D eigenvalue weighted by atomic mass is 10.2. The summed E-state index contributed by atoms with van der Waals surface area (Å²) in [6, 6.07) is 9.57. The van der Waals surface area contributed by atoms with Crippen LogP contribution in [0.15, 0.2) is 41.3 Å². The number of carbonyl (C=O) groups excluding carboxylic acids is 1. The molecule has 1 amide bonds. The van der Waals surface area contributed by atoms with Crippen LogP contribution in [0, 0.1) is 0 Å². The predicted molar refractivity (Wildman–Crippen MR) is 115 cm³/mol. The maximum absolute atomic E-state index is 13.0. The van der Waals surface area contributed by atoms with Crippen LogP contribution in [0.2, 0.25) is 5.02 Å². The Kier molecular flexibility index (Phi) is 6.07. The van der Waals surface area contributed by atoms with Gasteiger partial charge >= 0.3 is 0 Å². The van der Waals surface area contributed by atoms with Gasteiger partial charge in [0, 0.05) is 33.8 Å². The number of hydrogen-bond donors (Lipinski definition) is 0. The summed E-state index contributed by atoms with van der Waals surface area (Å²) in [6.45, 7) is 0.0497. The number of fused-ring (bicyclic) bond motifs is 1. The first-order valence-corrected chi connectivity index (χ1v) is 10.8. The number of methoxy groups -OCH3 is 1. The lowest BCUT2D eigenvalue weighted by molar-refractivity contribution is 0.0827. The Balaban J connectivity index is 1.92. The number of sulfonamides is 1. The molecule has 1 heterocycles. The summed E-state index contributed by atoms with van der Waals surface area (Å²) in [5.74, 6) is 0.821. The van der Waals surface area contributed by atoms with E-state index >= 15 is 0 Å². The zero-order valence-electron chi connectivity index (χ0n) is 17.4. The highest BCUT2D eigenvalue weighted by molar-refractivity contribution is 7.89. The third kappa shape index (κ3) is 4.00. The molecule has 0 spiro atoms. The van der Waals surface area contributed by atoms with Crippen molar-refractivity contribution in [3.63, 3.8) is 0 Å². The first-order valence-electron chi connectivity index (χ1n) is 9.03. The molecule has 0 aliphatic heterocycles. The number of nitrogens with zero attached hydrogens (tertiary/aromatic N) is 4. The van der Waals surface area contributed by atoms with Gasteiger partial charge in [0.2, 0.25) is 10.0 Å². The van der Waals surface area contributed by atoms with E-state index in [1.54, 1.807) is 32.3 Å². The van der Waals surface area contributed by atoms with E-state index in [2.05, 4.69) is 4.98 Å². The minimum atomic E-state index is -3.79. The summed E-state index contributed by atoms with van der Waals surface area (Å²) in [4.78, 5) is 18.3. The van der Waals surface area contributed by atoms with Gasteiger partial charge < -0.3 is 14.2 Å². The molecule has 0 saturated heterocycles. The molecule has 30 heavy (non-hydrogen) atoms. The van der Waals surface area contributed by atoms with Gasteiger partial charge in [0.15, 0.2) is 0 Å². The lowest BCUT2D eigenvalue weighted by Gasteiger charge is -2.17. The highest BCUT2D eigenvalue weighted by Gasteiger charge is 2.24. The molecule has 0 unspecified atom stereocenters. The zero-order valence-corrected chi connectivity index (χ0v) is 19.0. The maximum Gasteiger partial charge on any atom is 0.253 e. The first kappa shape index (κ1) is 22.1. The number of rotatable bonds is 6. The monoisotopic (exact) mass is 450 g/mol. The summed E-state index contributed by atoms with van der Waals surface area (Å²) in [5, 5.41) is 0.216. The van der Waals surface area contributed by atoms with Crippen LogP contribution in [0.1, 0.15) is 16.2 Å². The van der Waals surface area contributed by atoms with Crippen LogP contribution in [0.3, 0.4) is 0 Å². The number of imidazole rings is 1. The largest absolute Gasteiger partial charge is 0.495 e. The van der Waals surface area contributed by atoms with E-state index in [4.69, 9.17) is 16.3 Å². The number of aryl methyl sites for hydroxylation is 1. The van der Waals surface area contributed by atoms with Crippen molar-refractivity contribution in [3.8, 4) is 5.75 Å². The van der Waals surface area contributed by atoms with Gasteiger partial charge in [-0.2, -0.15) is 4.31 Å². The van der Waals surface area contributed by atoms with Gasteiger partial charge in [-0.05, 0) is 36.4 Å². The van der Waals surface area contributed by atoms with E-state index in [0.29, 0.717) is 22.7 Å². The van der Waals surface area contributed by atoms with Crippen LogP contribution in [-0.2, 0) is 23.6 Å². The second-order valence-electron chi connectivity index (χ2n) is 7.05. The molecule has 8 nitrogen and oxygen atoms in total. The van der Waals surface area contributed by atoms with Gasteiger partial charge in [-0.1, -0.05) is 11.6 Å². The molecule has 0 radical (unpaired) electrons. The van der Waals surface area contributed by atoms with E-state index in [-0.39, 0.29) is 22.4 Å². The summed E-state index contributed by atoms with van der Waals surface area (Å²) >= 11 is 6.09. The molecule has 0 atom stereocenters. The highest BCUT2D eigenvalue weighted by Crippen LogP contribution is 2.28. The molecule has 10 heteroatoms. The van der Waals surface area contributed by atoms with Crippen molar-refractivity contribution in [2.75, 3.05) is 28.3 Å². The first-order chi connectivity index (χ1) is 14.1. The molecule has 0 bridgehead atoms. The Labute approximate surface area is 180 Å². The highest BCUT2D eigenvalue weighted by atomic mass is 35.5. The van der Waals surface area contributed by atoms with E-state index in [1.165, 1.54) is 41.6 Å². The van der Waals surface area contributed by atoms with Gasteiger partial charge in [0.1, 0.15) is 11.6 Å². The number of hydrogen-bond acceptors (Lipinski definition) is 5. The van der Waals surface area contributed by atoms with Gasteiger partial charge in [-0.15, -0.1) is 0 Å². The summed E-state index contributed by atoms with van der Waals surface area (Å²) in [5.41, 5.74) is 1.95. The van der Waals surface area contributed by atoms with Gasteiger partial charge in [0.05, 0.1) is 34.6 Å². The summed E-state index contributed by atoms with van der Waals surface area (Å²) < 4.78 is 34.0. The van der Waals surface area contributed by atoms with Crippen LogP contribution in [0.5, 0.6) is 5.75 Å². The van der Waals surface area contributed by atoms with Crippen LogP contribution in [0.4, 0.5) is 0 Å². The number of amides is 1.